The Labute approximate surface area is 108 Å². The predicted octanol–water partition coefficient (Wildman–Crippen LogP) is 5.73. The quantitative estimate of drug-likeness (QED) is 0.545. The van der Waals surface area contributed by atoms with Crippen LogP contribution >= 0.6 is 0 Å². The Morgan fingerprint density at radius 2 is 1.76 bits per heavy atom. The minimum atomic E-state index is 0.809. The van der Waals surface area contributed by atoms with E-state index < -0.39 is 0 Å². The molecule has 0 aliphatic heterocycles. The van der Waals surface area contributed by atoms with Crippen molar-refractivity contribution in [3.05, 3.63) is 12.2 Å². The molecule has 2 fully saturated rings. The topological polar surface area (TPSA) is 0 Å². The first-order valence-electron chi connectivity index (χ1n) is 7.92. The number of hydrogen-bond acceptors (Lipinski definition) is 0. The van der Waals surface area contributed by atoms with E-state index in [2.05, 4.69) is 26.0 Å². The Morgan fingerprint density at radius 1 is 1.12 bits per heavy atom. The molecule has 0 aromatic heterocycles. The molecule has 98 valence electrons. The van der Waals surface area contributed by atoms with Crippen LogP contribution in [0.4, 0.5) is 0 Å². The van der Waals surface area contributed by atoms with E-state index in [0.29, 0.717) is 0 Å². The Bertz CT molecular complexity index is 235. The van der Waals surface area contributed by atoms with Crippen molar-refractivity contribution in [3.8, 4) is 0 Å². The van der Waals surface area contributed by atoms with Gasteiger partial charge in [0.2, 0.25) is 0 Å². The normalized spacial score (nSPS) is 26.9. The van der Waals surface area contributed by atoms with Crippen molar-refractivity contribution in [1.29, 1.82) is 0 Å². The van der Waals surface area contributed by atoms with Crippen molar-refractivity contribution in [2.75, 3.05) is 0 Å². The van der Waals surface area contributed by atoms with Crippen LogP contribution in [0.3, 0.4) is 0 Å². The molecule has 2 aliphatic rings. The van der Waals surface area contributed by atoms with E-state index in [-0.39, 0.29) is 0 Å². The van der Waals surface area contributed by atoms with Crippen molar-refractivity contribution < 1.29 is 0 Å². The highest BCUT2D eigenvalue weighted by atomic mass is 14.4. The highest BCUT2D eigenvalue weighted by Gasteiger charge is 2.38. The summed E-state index contributed by atoms with van der Waals surface area (Å²) in [6, 6.07) is 0. The van der Waals surface area contributed by atoms with Crippen molar-refractivity contribution in [2.24, 2.45) is 17.3 Å². The fourth-order valence-corrected chi connectivity index (χ4v) is 4.38. The number of allylic oxidation sites excluding steroid dienone is 2. The summed E-state index contributed by atoms with van der Waals surface area (Å²) in [7, 11) is 0. The summed E-state index contributed by atoms with van der Waals surface area (Å²) < 4.78 is 0. The Kier molecular flexibility index (Phi) is 4.70. The minimum absolute atomic E-state index is 0.809. The zero-order chi connectivity index (χ0) is 12.1. The molecule has 1 spiro atoms. The first-order valence-corrected chi connectivity index (χ1v) is 7.92. The molecule has 2 aliphatic carbocycles. The lowest BCUT2D eigenvalue weighted by molar-refractivity contribution is 0.131. The highest BCUT2D eigenvalue weighted by molar-refractivity contribution is 4.95. The summed E-state index contributed by atoms with van der Waals surface area (Å²) in [6.07, 6.45) is 19.7. The second-order valence-corrected chi connectivity index (χ2v) is 6.52. The maximum absolute atomic E-state index is 2.49. The monoisotopic (exact) mass is 234 g/mol. The molecule has 17 heavy (non-hydrogen) atoms. The van der Waals surface area contributed by atoms with E-state index in [1.165, 1.54) is 51.4 Å². The van der Waals surface area contributed by atoms with Gasteiger partial charge in [-0.15, -0.1) is 0 Å². The van der Waals surface area contributed by atoms with Crippen LogP contribution in [0.15, 0.2) is 12.2 Å². The fourth-order valence-electron chi connectivity index (χ4n) is 4.38. The summed E-state index contributed by atoms with van der Waals surface area (Å²) >= 11 is 0. The van der Waals surface area contributed by atoms with Gasteiger partial charge in [-0.05, 0) is 69.1 Å². The molecule has 2 rings (SSSR count). The van der Waals surface area contributed by atoms with Gasteiger partial charge in [0.25, 0.3) is 0 Å². The summed E-state index contributed by atoms with van der Waals surface area (Å²) in [5.74, 6) is 1.88. The molecule has 0 saturated heterocycles. The average Bonchev–Trinajstić information content (AvgIpc) is 2.79. The van der Waals surface area contributed by atoms with Crippen molar-refractivity contribution in [3.63, 3.8) is 0 Å². The smallest absolute Gasteiger partial charge is 0.0205 e. The molecule has 0 radical (unpaired) electrons. The van der Waals surface area contributed by atoms with Gasteiger partial charge < -0.3 is 0 Å². The second kappa shape index (κ2) is 6.07. The first kappa shape index (κ1) is 13.2. The van der Waals surface area contributed by atoms with Gasteiger partial charge in [-0.2, -0.15) is 0 Å². The molecule has 0 bridgehead atoms. The lowest BCUT2D eigenvalue weighted by Crippen LogP contribution is -2.27. The van der Waals surface area contributed by atoms with Gasteiger partial charge in [0.1, 0.15) is 0 Å². The lowest BCUT2D eigenvalue weighted by Gasteiger charge is -2.39. The molecule has 1 atom stereocenters. The van der Waals surface area contributed by atoms with Gasteiger partial charge in [-0.3, -0.25) is 0 Å². The van der Waals surface area contributed by atoms with Crippen molar-refractivity contribution in [2.45, 2.75) is 78.1 Å². The van der Waals surface area contributed by atoms with E-state index in [4.69, 9.17) is 0 Å². The van der Waals surface area contributed by atoms with Crippen LogP contribution in [0.2, 0.25) is 0 Å². The molecular weight excluding hydrogens is 204 g/mol. The summed E-state index contributed by atoms with van der Waals surface area (Å²) in [4.78, 5) is 0. The minimum Gasteiger partial charge on any atom is -0.0914 e. The molecule has 2 saturated carbocycles. The Hall–Kier alpha value is -0.260. The standard InChI is InChI=1S/C17H30/c1-3-7-15(8-4-2)16-9-13-17(14-10-16)11-5-6-12-17/h3,7,15-16H,4-6,8-14H2,1-2H3/b7-3-. The zero-order valence-electron chi connectivity index (χ0n) is 11.9. The van der Waals surface area contributed by atoms with E-state index in [0.717, 1.165) is 17.3 Å². The van der Waals surface area contributed by atoms with Gasteiger partial charge in [0.15, 0.2) is 0 Å². The summed E-state index contributed by atoms with van der Waals surface area (Å²) in [5, 5.41) is 0. The van der Waals surface area contributed by atoms with Crippen LogP contribution < -0.4 is 0 Å². The third-order valence-corrected chi connectivity index (χ3v) is 5.42. The van der Waals surface area contributed by atoms with Gasteiger partial charge in [-0.25, -0.2) is 0 Å². The molecule has 1 unspecified atom stereocenters. The van der Waals surface area contributed by atoms with E-state index in [1.807, 2.05) is 0 Å². The fraction of sp³-hybridized carbons (Fsp3) is 0.882. The van der Waals surface area contributed by atoms with E-state index in [1.54, 1.807) is 12.8 Å². The maximum atomic E-state index is 2.49. The molecular formula is C17H30. The third kappa shape index (κ3) is 3.14. The molecule has 0 aromatic rings. The average molecular weight is 234 g/mol. The molecule has 0 heteroatoms. The van der Waals surface area contributed by atoms with Gasteiger partial charge >= 0.3 is 0 Å². The zero-order valence-corrected chi connectivity index (χ0v) is 11.9. The van der Waals surface area contributed by atoms with Crippen LogP contribution in [-0.4, -0.2) is 0 Å². The SMILES string of the molecule is C/C=C\C(CCC)C1CCC2(CCCC2)CC1. The van der Waals surface area contributed by atoms with Crippen LogP contribution in [0.25, 0.3) is 0 Å². The van der Waals surface area contributed by atoms with Crippen LogP contribution in [0.1, 0.15) is 78.1 Å². The maximum Gasteiger partial charge on any atom is -0.0205 e. The summed E-state index contributed by atoms with van der Waals surface area (Å²) in [5.41, 5.74) is 0.809. The van der Waals surface area contributed by atoms with E-state index in [9.17, 15) is 0 Å². The predicted molar refractivity (Wildman–Crippen MR) is 76.1 cm³/mol. The third-order valence-electron chi connectivity index (χ3n) is 5.42. The molecule has 0 heterocycles. The van der Waals surface area contributed by atoms with Crippen LogP contribution in [0, 0.1) is 17.3 Å². The Balaban J connectivity index is 1.88. The highest BCUT2D eigenvalue weighted by Crippen LogP contribution is 2.51. The summed E-state index contributed by atoms with van der Waals surface area (Å²) in [6.45, 7) is 4.52. The van der Waals surface area contributed by atoms with Crippen LogP contribution in [-0.2, 0) is 0 Å². The molecule has 0 amide bonds. The molecule has 0 aromatic carbocycles. The van der Waals surface area contributed by atoms with E-state index >= 15 is 0 Å². The van der Waals surface area contributed by atoms with Gasteiger partial charge in [-0.1, -0.05) is 38.3 Å². The lowest BCUT2D eigenvalue weighted by atomic mass is 9.66. The number of hydrogen-bond donors (Lipinski definition) is 0. The van der Waals surface area contributed by atoms with Crippen molar-refractivity contribution >= 4 is 0 Å². The molecule has 0 N–H and O–H groups in total. The van der Waals surface area contributed by atoms with Gasteiger partial charge in [0.05, 0.1) is 0 Å². The molecule has 0 nitrogen and oxygen atoms in total. The van der Waals surface area contributed by atoms with Crippen LogP contribution in [0.5, 0.6) is 0 Å². The first-order chi connectivity index (χ1) is 8.29. The number of rotatable bonds is 4. The largest absolute Gasteiger partial charge is 0.0914 e. The second-order valence-electron chi connectivity index (χ2n) is 6.52. The van der Waals surface area contributed by atoms with Gasteiger partial charge in [0, 0.05) is 0 Å². The van der Waals surface area contributed by atoms with Crippen molar-refractivity contribution in [1.82, 2.24) is 0 Å². The Morgan fingerprint density at radius 3 is 2.29 bits per heavy atom.